The van der Waals surface area contributed by atoms with Crippen molar-refractivity contribution in [3.05, 3.63) is 11.6 Å². The van der Waals surface area contributed by atoms with Crippen molar-refractivity contribution in [2.45, 2.75) is 125 Å². The second kappa shape index (κ2) is 10.6. The average molecular weight is 487 g/mol. The Labute approximate surface area is 214 Å². The van der Waals surface area contributed by atoms with Crippen LogP contribution in [0.4, 0.5) is 0 Å². The number of rotatable bonds is 8. The van der Waals surface area contributed by atoms with E-state index in [-0.39, 0.29) is 5.92 Å². The van der Waals surface area contributed by atoms with E-state index in [2.05, 4.69) is 26.8 Å². The third kappa shape index (κ3) is 5.23. The van der Waals surface area contributed by atoms with Crippen LogP contribution in [0.15, 0.2) is 11.6 Å². The summed E-state index contributed by atoms with van der Waals surface area (Å²) in [5.74, 6) is 3.42. The number of hydrogen-bond acceptors (Lipinski definition) is 4. The van der Waals surface area contributed by atoms with Crippen LogP contribution in [0.5, 0.6) is 0 Å². The zero-order valence-corrected chi connectivity index (χ0v) is 23.2. The summed E-state index contributed by atoms with van der Waals surface area (Å²) < 4.78 is 10.6. The van der Waals surface area contributed by atoms with Gasteiger partial charge in [-0.2, -0.15) is 0 Å². The minimum atomic E-state index is -0.769. The SMILES string of the molecule is CC(=O)OC(OC(C)=O)C(C)CCC[C@@H](C)[C@H]1CC[C@H]2[C@@H]3CC=C4CCCC[C@]4(C)[C@H]3CC[C@]12C. The molecule has 0 aromatic heterocycles. The van der Waals surface area contributed by atoms with Crippen molar-refractivity contribution in [2.75, 3.05) is 0 Å². The van der Waals surface area contributed by atoms with Crippen LogP contribution in [-0.4, -0.2) is 18.2 Å². The molecule has 0 heterocycles. The van der Waals surface area contributed by atoms with Crippen LogP contribution in [-0.2, 0) is 19.1 Å². The number of esters is 2. The lowest BCUT2D eigenvalue weighted by Crippen LogP contribution is -2.50. The van der Waals surface area contributed by atoms with E-state index in [1.807, 2.05) is 12.5 Å². The third-order valence-electron chi connectivity index (χ3n) is 11.1. The van der Waals surface area contributed by atoms with Gasteiger partial charge in [0, 0.05) is 19.8 Å². The van der Waals surface area contributed by atoms with Crippen molar-refractivity contribution in [2.24, 2.45) is 46.3 Å². The van der Waals surface area contributed by atoms with E-state index in [0.29, 0.717) is 16.7 Å². The molecule has 0 spiro atoms. The molecule has 4 rings (SSSR count). The quantitative estimate of drug-likeness (QED) is 0.199. The van der Waals surface area contributed by atoms with Crippen LogP contribution in [0.25, 0.3) is 0 Å². The predicted octanol–water partition coefficient (Wildman–Crippen LogP) is 7.85. The molecular formula is C31H50O4. The zero-order valence-electron chi connectivity index (χ0n) is 23.2. The fourth-order valence-electron chi connectivity index (χ4n) is 9.36. The monoisotopic (exact) mass is 486 g/mol. The first kappa shape index (κ1) is 26.7. The molecule has 4 aliphatic rings. The van der Waals surface area contributed by atoms with Gasteiger partial charge in [0.05, 0.1) is 0 Å². The molecule has 0 N–H and O–H groups in total. The highest BCUT2D eigenvalue weighted by molar-refractivity contribution is 5.68. The van der Waals surface area contributed by atoms with Crippen LogP contribution in [0.3, 0.4) is 0 Å². The Hall–Kier alpha value is -1.32. The van der Waals surface area contributed by atoms with Crippen LogP contribution in [0.2, 0.25) is 0 Å². The van der Waals surface area contributed by atoms with E-state index in [9.17, 15) is 9.59 Å². The second-order valence-corrected chi connectivity index (χ2v) is 13.2. The minimum absolute atomic E-state index is 0.0109. The minimum Gasteiger partial charge on any atom is -0.425 e. The largest absolute Gasteiger partial charge is 0.425 e. The molecule has 3 fully saturated rings. The summed E-state index contributed by atoms with van der Waals surface area (Å²) in [6.07, 6.45) is 17.7. The lowest BCUT2D eigenvalue weighted by Gasteiger charge is -2.58. The second-order valence-electron chi connectivity index (χ2n) is 13.2. The van der Waals surface area contributed by atoms with Gasteiger partial charge in [-0.25, -0.2) is 0 Å². The first-order valence-electron chi connectivity index (χ1n) is 14.6. The Balaban J connectivity index is 1.35. The molecule has 0 aromatic carbocycles. The Bertz CT molecular complexity index is 801. The molecule has 198 valence electrons. The molecule has 0 aliphatic heterocycles. The van der Waals surface area contributed by atoms with Crippen LogP contribution in [0, 0.1) is 46.3 Å². The maximum Gasteiger partial charge on any atom is 0.305 e. The molecular weight excluding hydrogens is 436 g/mol. The van der Waals surface area contributed by atoms with Gasteiger partial charge in [-0.3, -0.25) is 9.59 Å². The van der Waals surface area contributed by atoms with Crippen molar-refractivity contribution in [3.8, 4) is 0 Å². The molecule has 0 aromatic rings. The van der Waals surface area contributed by atoms with Gasteiger partial charge in [0.1, 0.15) is 0 Å². The molecule has 4 aliphatic carbocycles. The standard InChI is InChI=1S/C31H50O4/c1-20(10-9-11-21(2)29(34-22(3)32)35-23(4)33)26-15-16-27-25-14-13-24-12-7-8-18-30(24,5)28(25)17-19-31(26,27)6/h13,20-21,25-29H,7-12,14-19H2,1-6H3/t20-,21?,25+,26-,27+,28+,30+,31-/m1/s1. The Morgan fingerprint density at radius 2 is 1.69 bits per heavy atom. The normalized spacial score (nSPS) is 38.0. The first-order valence-corrected chi connectivity index (χ1v) is 14.6. The lowest BCUT2D eigenvalue weighted by atomic mass is 9.47. The fraction of sp³-hybridized carbons (Fsp3) is 0.871. The summed E-state index contributed by atoms with van der Waals surface area (Å²) in [5.41, 5.74) is 2.79. The van der Waals surface area contributed by atoms with Crippen LogP contribution in [0.1, 0.15) is 119 Å². The number of carbonyl (C=O) groups is 2. The van der Waals surface area contributed by atoms with E-state index in [4.69, 9.17) is 9.47 Å². The topological polar surface area (TPSA) is 52.6 Å². The molecule has 0 bridgehead atoms. The molecule has 35 heavy (non-hydrogen) atoms. The Morgan fingerprint density at radius 1 is 0.971 bits per heavy atom. The average Bonchev–Trinajstić information content (AvgIpc) is 3.14. The number of carbonyl (C=O) groups excluding carboxylic acids is 2. The number of hydrogen-bond donors (Lipinski definition) is 0. The first-order chi connectivity index (χ1) is 16.6. The summed E-state index contributed by atoms with van der Waals surface area (Å²) >= 11 is 0. The molecule has 8 atom stereocenters. The molecule has 1 unspecified atom stereocenters. The van der Waals surface area contributed by atoms with Gasteiger partial charge < -0.3 is 9.47 Å². The lowest BCUT2D eigenvalue weighted by molar-refractivity contribution is -0.194. The van der Waals surface area contributed by atoms with Gasteiger partial charge in [-0.05, 0) is 98.2 Å². The van der Waals surface area contributed by atoms with E-state index in [1.165, 1.54) is 78.1 Å². The van der Waals surface area contributed by atoms with Gasteiger partial charge in [0.15, 0.2) is 0 Å². The highest BCUT2D eigenvalue weighted by atomic mass is 16.7. The number of ether oxygens (including phenoxy) is 2. The van der Waals surface area contributed by atoms with E-state index < -0.39 is 18.2 Å². The van der Waals surface area contributed by atoms with Crippen LogP contribution < -0.4 is 0 Å². The summed E-state index contributed by atoms with van der Waals surface area (Å²) in [6, 6.07) is 0. The van der Waals surface area contributed by atoms with Crippen molar-refractivity contribution in [3.63, 3.8) is 0 Å². The maximum atomic E-state index is 11.4. The fourth-order valence-corrected chi connectivity index (χ4v) is 9.36. The highest BCUT2D eigenvalue weighted by Crippen LogP contribution is 2.67. The molecule has 0 saturated heterocycles. The van der Waals surface area contributed by atoms with Crippen molar-refractivity contribution < 1.29 is 19.1 Å². The Kier molecular flexibility index (Phi) is 8.08. The maximum absolute atomic E-state index is 11.4. The third-order valence-corrected chi connectivity index (χ3v) is 11.1. The molecule has 0 radical (unpaired) electrons. The summed E-state index contributed by atoms with van der Waals surface area (Å²) in [7, 11) is 0. The van der Waals surface area contributed by atoms with Gasteiger partial charge >= 0.3 is 11.9 Å². The highest BCUT2D eigenvalue weighted by Gasteiger charge is 2.58. The van der Waals surface area contributed by atoms with Crippen LogP contribution >= 0.6 is 0 Å². The van der Waals surface area contributed by atoms with E-state index >= 15 is 0 Å². The van der Waals surface area contributed by atoms with E-state index in [0.717, 1.165) is 36.5 Å². The number of fused-ring (bicyclic) bond motifs is 5. The zero-order chi connectivity index (χ0) is 25.4. The predicted molar refractivity (Wildman–Crippen MR) is 139 cm³/mol. The summed E-state index contributed by atoms with van der Waals surface area (Å²) in [6.45, 7) is 12.5. The molecule has 4 heteroatoms. The van der Waals surface area contributed by atoms with Gasteiger partial charge in [-0.1, -0.05) is 58.6 Å². The van der Waals surface area contributed by atoms with Gasteiger partial charge in [-0.15, -0.1) is 0 Å². The van der Waals surface area contributed by atoms with Crippen molar-refractivity contribution >= 4 is 11.9 Å². The Morgan fingerprint density at radius 3 is 2.37 bits per heavy atom. The van der Waals surface area contributed by atoms with E-state index in [1.54, 1.807) is 0 Å². The summed E-state index contributed by atoms with van der Waals surface area (Å²) in [4.78, 5) is 22.9. The molecule has 4 nitrogen and oxygen atoms in total. The van der Waals surface area contributed by atoms with Gasteiger partial charge in [0.2, 0.25) is 6.29 Å². The van der Waals surface area contributed by atoms with Crippen molar-refractivity contribution in [1.82, 2.24) is 0 Å². The summed E-state index contributed by atoms with van der Waals surface area (Å²) in [5, 5.41) is 0. The van der Waals surface area contributed by atoms with Gasteiger partial charge in [0.25, 0.3) is 0 Å². The number of allylic oxidation sites excluding steroid dienone is 2. The van der Waals surface area contributed by atoms with Crippen molar-refractivity contribution in [1.29, 1.82) is 0 Å². The molecule has 3 saturated carbocycles. The molecule has 0 amide bonds. The smallest absolute Gasteiger partial charge is 0.305 e.